The Balaban J connectivity index is 2.07. The molecule has 8 N–H and O–H groups in total. The van der Waals surface area contributed by atoms with E-state index in [-0.39, 0.29) is 22.5 Å². The Kier molecular flexibility index (Phi) is 4.76. The van der Waals surface area contributed by atoms with Gasteiger partial charge in [0, 0.05) is 17.4 Å². The van der Waals surface area contributed by atoms with Gasteiger partial charge in [0.1, 0.15) is 28.9 Å². The summed E-state index contributed by atoms with van der Waals surface area (Å²) >= 11 is 0. The van der Waals surface area contributed by atoms with Gasteiger partial charge in [-0.25, -0.2) is 0 Å². The molecule has 0 spiro atoms. The number of fused-ring (bicyclic) bond motifs is 3. The number of phenols is 1. The van der Waals surface area contributed by atoms with Crippen LogP contribution in [0.3, 0.4) is 0 Å². The molecule has 3 aliphatic carbocycles. The molecule has 1 fully saturated rings. The summed E-state index contributed by atoms with van der Waals surface area (Å²) in [5.41, 5.74) is 1.81. The summed E-state index contributed by atoms with van der Waals surface area (Å²) in [7, 11) is 2.93. The number of rotatable bonds is 2. The second-order valence-corrected chi connectivity index (χ2v) is 8.61. The number of phenolic OH excluding ortho intramolecular Hbond substituents is 1. The summed E-state index contributed by atoms with van der Waals surface area (Å²) < 4.78 is 0. The standard InChI is InChI=1S/C22H24N2O8/c1-7-8-5-4-6-9(25)11(8)16(26)12-10(7)17(27)14-15(24(2)3)18(28)13(21(23)31)20(30)22(14,32)19(12)29/h4-6,10,14-15,17,19,25-27,29-30,32H,1H2,2-3H3,(H2,23,31)/t10-,14-,15+,17+,19?,22+/m1/s1. The Labute approximate surface area is 182 Å². The van der Waals surface area contributed by atoms with Crippen LogP contribution in [0.15, 0.2) is 41.7 Å². The molecule has 1 unspecified atom stereocenters. The average Bonchev–Trinajstić information content (AvgIpc) is 2.70. The van der Waals surface area contributed by atoms with Crippen molar-refractivity contribution in [1.82, 2.24) is 4.90 Å². The molecule has 0 bridgehead atoms. The molecule has 4 rings (SSSR count). The number of carbonyl (C=O) groups is 2. The quantitative estimate of drug-likeness (QED) is 0.287. The van der Waals surface area contributed by atoms with Crippen molar-refractivity contribution in [2.45, 2.75) is 23.9 Å². The summed E-state index contributed by atoms with van der Waals surface area (Å²) in [4.78, 5) is 26.3. The summed E-state index contributed by atoms with van der Waals surface area (Å²) in [6.45, 7) is 3.96. The smallest absolute Gasteiger partial charge is 0.255 e. The lowest BCUT2D eigenvalue weighted by atomic mass is 9.54. The SMILES string of the molecule is C=C1c2cccc(O)c2C(O)=C2C(O)[C@]3(O)C(O)=C(C(N)=O)C(=O)[C@@H](N(C)C)[C@@H]3[C@@H](O)[C@H]12. The van der Waals surface area contributed by atoms with Gasteiger partial charge in [0.25, 0.3) is 5.91 Å². The number of ketones is 1. The number of primary amides is 1. The topological polar surface area (TPSA) is 185 Å². The number of benzene rings is 1. The lowest BCUT2D eigenvalue weighted by Gasteiger charge is -2.56. The zero-order valence-corrected chi connectivity index (χ0v) is 17.4. The van der Waals surface area contributed by atoms with Gasteiger partial charge in [0.2, 0.25) is 0 Å². The fraction of sp³-hybridized carbons (Fsp3) is 0.364. The van der Waals surface area contributed by atoms with Crippen LogP contribution < -0.4 is 5.73 Å². The third kappa shape index (κ3) is 2.49. The molecule has 0 radical (unpaired) electrons. The van der Waals surface area contributed by atoms with Crippen molar-refractivity contribution < 1.29 is 40.2 Å². The van der Waals surface area contributed by atoms with E-state index in [0.29, 0.717) is 5.56 Å². The van der Waals surface area contributed by atoms with Crippen molar-refractivity contribution >= 4 is 23.0 Å². The van der Waals surface area contributed by atoms with Crippen LogP contribution in [0.25, 0.3) is 11.3 Å². The van der Waals surface area contributed by atoms with E-state index in [0.717, 1.165) is 0 Å². The van der Waals surface area contributed by atoms with Crippen LogP contribution in [0.2, 0.25) is 0 Å². The molecule has 0 heterocycles. The number of hydrogen-bond donors (Lipinski definition) is 7. The van der Waals surface area contributed by atoms with E-state index in [9.17, 15) is 40.2 Å². The Morgan fingerprint density at radius 2 is 1.81 bits per heavy atom. The number of carbonyl (C=O) groups excluding carboxylic acids is 2. The summed E-state index contributed by atoms with van der Waals surface area (Å²) in [5, 5.41) is 66.2. The first-order chi connectivity index (χ1) is 14.9. The van der Waals surface area contributed by atoms with Crippen molar-refractivity contribution in [3.63, 3.8) is 0 Å². The highest BCUT2D eigenvalue weighted by Gasteiger charge is 2.67. The monoisotopic (exact) mass is 444 g/mol. The normalized spacial score (nSPS) is 34.4. The lowest BCUT2D eigenvalue weighted by molar-refractivity contribution is -0.181. The molecule has 10 heteroatoms. The van der Waals surface area contributed by atoms with Crippen LogP contribution in [0.1, 0.15) is 11.1 Å². The van der Waals surface area contributed by atoms with Gasteiger partial charge in [0.15, 0.2) is 11.4 Å². The van der Waals surface area contributed by atoms with Crippen molar-refractivity contribution in [2.24, 2.45) is 17.6 Å². The largest absolute Gasteiger partial charge is 0.508 e. The predicted octanol–water partition coefficient (Wildman–Crippen LogP) is -0.803. The minimum Gasteiger partial charge on any atom is -0.508 e. The maximum atomic E-state index is 13.0. The zero-order valence-electron chi connectivity index (χ0n) is 17.4. The molecule has 0 aliphatic heterocycles. The first kappa shape index (κ1) is 22.0. The average molecular weight is 444 g/mol. The van der Waals surface area contributed by atoms with Crippen molar-refractivity contribution in [3.8, 4) is 5.75 Å². The van der Waals surface area contributed by atoms with Crippen LogP contribution in [0.4, 0.5) is 0 Å². The third-order valence-corrected chi connectivity index (χ3v) is 6.81. The minimum absolute atomic E-state index is 0.0633. The Hall–Kier alpha value is -3.18. The lowest BCUT2D eigenvalue weighted by Crippen LogP contribution is -2.71. The maximum Gasteiger partial charge on any atom is 0.255 e. The van der Waals surface area contributed by atoms with Gasteiger partial charge in [-0.2, -0.15) is 0 Å². The number of Topliss-reactive ketones (excluding diaryl/α,β-unsaturated/α-hetero) is 1. The maximum absolute atomic E-state index is 13.0. The van der Waals surface area contributed by atoms with Gasteiger partial charge in [-0.05, 0) is 31.3 Å². The van der Waals surface area contributed by atoms with Gasteiger partial charge in [-0.1, -0.05) is 18.7 Å². The highest BCUT2D eigenvalue weighted by molar-refractivity contribution is 6.22. The van der Waals surface area contributed by atoms with Gasteiger partial charge < -0.3 is 36.4 Å². The van der Waals surface area contributed by atoms with Crippen LogP contribution >= 0.6 is 0 Å². The van der Waals surface area contributed by atoms with E-state index in [1.54, 1.807) is 6.07 Å². The summed E-state index contributed by atoms with van der Waals surface area (Å²) in [5.74, 6) is -7.02. The fourth-order valence-corrected chi connectivity index (χ4v) is 5.42. The molecule has 10 nitrogen and oxygen atoms in total. The van der Waals surface area contributed by atoms with E-state index in [4.69, 9.17) is 5.73 Å². The number of aromatic hydroxyl groups is 1. The Bertz CT molecular complexity index is 1140. The molecule has 1 amide bonds. The van der Waals surface area contributed by atoms with Crippen LogP contribution in [0, 0.1) is 11.8 Å². The van der Waals surface area contributed by atoms with E-state index < -0.39 is 64.5 Å². The Morgan fingerprint density at radius 1 is 1.19 bits per heavy atom. The first-order valence-electron chi connectivity index (χ1n) is 9.84. The molecular weight excluding hydrogens is 420 g/mol. The second kappa shape index (κ2) is 6.91. The molecule has 170 valence electrons. The second-order valence-electron chi connectivity index (χ2n) is 8.61. The van der Waals surface area contributed by atoms with Gasteiger partial charge in [-0.3, -0.25) is 14.5 Å². The van der Waals surface area contributed by atoms with Crippen molar-refractivity contribution in [3.05, 3.63) is 52.8 Å². The van der Waals surface area contributed by atoms with Crippen molar-refractivity contribution in [1.29, 1.82) is 0 Å². The molecule has 6 atom stereocenters. The van der Waals surface area contributed by atoms with Gasteiger partial charge in [-0.15, -0.1) is 0 Å². The number of nitrogens with two attached hydrogens (primary N) is 1. The van der Waals surface area contributed by atoms with Crippen LogP contribution in [-0.4, -0.2) is 85.2 Å². The molecular formula is C22H24N2O8. The van der Waals surface area contributed by atoms with E-state index in [1.807, 2.05) is 0 Å². The fourth-order valence-electron chi connectivity index (χ4n) is 5.42. The third-order valence-electron chi connectivity index (χ3n) is 6.81. The number of hydrogen-bond acceptors (Lipinski definition) is 9. The number of likely N-dealkylation sites (N-methyl/N-ethyl adjacent to an activating group) is 1. The molecule has 1 aromatic carbocycles. The Morgan fingerprint density at radius 3 is 2.38 bits per heavy atom. The molecule has 32 heavy (non-hydrogen) atoms. The van der Waals surface area contributed by atoms with Gasteiger partial charge >= 0.3 is 0 Å². The minimum atomic E-state index is -2.74. The predicted molar refractivity (Wildman–Crippen MR) is 112 cm³/mol. The number of amides is 1. The van der Waals surface area contributed by atoms with Crippen LogP contribution in [0.5, 0.6) is 5.75 Å². The van der Waals surface area contributed by atoms with Crippen LogP contribution in [-0.2, 0) is 9.59 Å². The van der Waals surface area contributed by atoms with Crippen molar-refractivity contribution in [2.75, 3.05) is 14.1 Å². The van der Waals surface area contributed by atoms with E-state index in [1.165, 1.54) is 31.1 Å². The molecule has 1 saturated carbocycles. The highest BCUT2D eigenvalue weighted by atomic mass is 16.4. The number of aliphatic hydroxyl groups is 5. The molecule has 1 aromatic rings. The van der Waals surface area contributed by atoms with Gasteiger partial charge in [0.05, 0.1) is 17.7 Å². The summed E-state index contributed by atoms with van der Waals surface area (Å²) in [6.07, 6.45) is -3.70. The van der Waals surface area contributed by atoms with E-state index in [2.05, 4.69) is 6.58 Å². The molecule has 3 aliphatic rings. The number of aliphatic hydroxyl groups excluding tert-OH is 4. The molecule has 0 saturated heterocycles. The summed E-state index contributed by atoms with van der Waals surface area (Å²) in [6, 6.07) is 3.03. The molecule has 0 aromatic heterocycles. The number of nitrogens with zero attached hydrogens (tertiary/aromatic N) is 1. The van der Waals surface area contributed by atoms with E-state index >= 15 is 0 Å². The first-order valence-corrected chi connectivity index (χ1v) is 9.84. The zero-order chi connectivity index (χ0) is 23.9. The highest BCUT2D eigenvalue weighted by Crippen LogP contribution is 2.56.